The fourth-order valence-corrected chi connectivity index (χ4v) is 3.59. The van der Waals surface area contributed by atoms with Gasteiger partial charge in [0.2, 0.25) is 11.8 Å². The van der Waals surface area contributed by atoms with E-state index in [1.165, 1.54) is 19.8 Å². The molecule has 2 amide bonds. The van der Waals surface area contributed by atoms with Crippen LogP contribution in [0.1, 0.15) is 42.0 Å². The standard InChI is InChI=1S/C23H27N3O6.ClH/c1-31-19-6-4-14(10-20(19)32-2)18(11-23(29)30)26-22(28)8-7-21(27)25-17-5-3-15-12-24-13-16(15)9-17;/h3-6,9-10,18,24H,7-8,11-13H2,1-2H3,(H,25,27)(H,26,28)(H,29,30);1H. The van der Waals surface area contributed by atoms with Crippen molar-refractivity contribution in [2.24, 2.45) is 0 Å². The van der Waals surface area contributed by atoms with Crippen molar-refractivity contribution >= 4 is 35.9 Å². The van der Waals surface area contributed by atoms with Crippen LogP contribution in [0.25, 0.3) is 0 Å². The summed E-state index contributed by atoms with van der Waals surface area (Å²) in [6, 6.07) is 9.91. The van der Waals surface area contributed by atoms with Gasteiger partial charge in [0.05, 0.1) is 26.7 Å². The van der Waals surface area contributed by atoms with Crippen LogP contribution in [0.2, 0.25) is 0 Å². The van der Waals surface area contributed by atoms with E-state index in [1.807, 2.05) is 18.2 Å². The van der Waals surface area contributed by atoms with E-state index in [1.54, 1.807) is 18.2 Å². The summed E-state index contributed by atoms with van der Waals surface area (Å²) in [7, 11) is 2.97. The van der Waals surface area contributed by atoms with Gasteiger partial charge in [-0.25, -0.2) is 0 Å². The average Bonchev–Trinajstić information content (AvgIpc) is 3.24. The normalized spacial score (nSPS) is 12.7. The van der Waals surface area contributed by atoms with E-state index in [0.717, 1.165) is 18.7 Å². The molecule has 0 aliphatic carbocycles. The van der Waals surface area contributed by atoms with E-state index in [9.17, 15) is 19.5 Å². The fraction of sp³-hybridized carbons (Fsp3) is 0.348. The van der Waals surface area contributed by atoms with Crippen molar-refractivity contribution in [3.05, 3.63) is 53.1 Å². The van der Waals surface area contributed by atoms with Gasteiger partial charge >= 0.3 is 5.97 Å². The predicted molar refractivity (Wildman–Crippen MR) is 125 cm³/mol. The Labute approximate surface area is 198 Å². The predicted octanol–water partition coefficient (Wildman–Crippen LogP) is 2.78. The number of carbonyl (C=O) groups is 3. The molecule has 3 rings (SSSR count). The molecule has 9 nitrogen and oxygen atoms in total. The molecule has 33 heavy (non-hydrogen) atoms. The van der Waals surface area contributed by atoms with E-state index in [0.29, 0.717) is 22.7 Å². The molecule has 1 heterocycles. The number of rotatable bonds is 10. The third-order valence-electron chi connectivity index (χ3n) is 5.22. The molecule has 1 aliphatic rings. The van der Waals surface area contributed by atoms with Gasteiger partial charge in [0.25, 0.3) is 0 Å². The van der Waals surface area contributed by atoms with Crippen LogP contribution in [0.4, 0.5) is 5.69 Å². The van der Waals surface area contributed by atoms with E-state index in [-0.39, 0.29) is 37.6 Å². The summed E-state index contributed by atoms with van der Waals surface area (Å²) in [5.41, 5.74) is 3.61. The third-order valence-corrected chi connectivity index (χ3v) is 5.22. The maximum absolute atomic E-state index is 12.4. The molecule has 0 aromatic heterocycles. The van der Waals surface area contributed by atoms with Crippen molar-refractivity contribution in [2.75, 3.05) is 19.5 Å². The Kier molecular flexibility index (Phi) is 9.50. The first-order valence-corrected chi connectivity index (χ1v) is 10.2. The Bertz CT molecular complexity index is 1010. The van der Waals surface area contributed by atoms with Crippen molar-refractivity contribution in [1.29, 1.82) is 0 Å². The molecule has 0 fully saturated rings. The number of carboxylic acids is 1. The number of carbonyl (C=O) groups excluding carboxylic acids is 2. The molecule has 1 atom stereocenters. The molecule has 0 saturated heterocycles. The summed E-state index contributed by atoms with van der Waals surface area (Å²) < 4.78 is 10.5. The lowest BCUT2D eigenvalue weighted by Crippen LogP contribution is -2.30. The quantitative estimate of drug-likeness (QED) is 0.414. The van der Waals surface area contributed by atoms with Crippen LogP contribution < -0.4 is 25.4 Å². The maximum Gasteiger partial charge on any atom is 0.305 e. The lowest BCUT2D eigenvalue weighted by Gasteiger charge is -2.19. The molecule has 1 aliphatic heterocycles. The Balaban J connectivity index is 0.00000385. The van der Waals surface area contributed by atoms with Gasteiger partial charge in [0.15, 0.2) is 11.5 Å². The van der Waals surface area contributed by atoms with Crippen molar-refractivity contribution in [3.63, 3.8) is 0 Å². The number of fused-ring (bicyclic) bond motifs is 1. The number of nitrogens with one attached hydrogen (secondary N) is 3. The highest BCUT2D eigenvalue weighted by atomic mass is 35.5. The monoisotopic (exact) mass is 477 g/mol. The summed E-state index contributed by atoms with van der Waals surface area (Å²) >= 11 is 0. The second kappa shape index (κ2) is 12.1. The second-order valence-corrected chi connectivity index (χ2v) is 7.47. The van der Waals surface area contributed by atoms with Crippen LogP contribution in [-0.2, 0) is 27.5 Å². The molecular weight excluding hydrogens is 450 g/mol. The van der Waals surface area contributed by atoms with Gasteiger partial charge in [0, 0.05) is 31.6 Å². The molecule has 2 aromatic carbocycles. The molecule has 178 valence electrons. The molecule has 2 aromatic rings. The highest BCUT2D eigenvalue weighted by molar-refractivity contribution is 5.93. The van der Waals surface area contributed by atoms with Crippen LogP contribution in [0.5, 0.6) is 11.5 Å². The number of hydrogen-bond donors (Lipinski definition) is 4. The van der Waals surface area contributed by atoms with Gasteiger partial charge in [-0.1, -0.05) is 12.1 Å². The van der Waals surface area contributed by atoms with Crippen LogP contribution in [0.15, 0.2) is 36.4 Å². The minimum Gasteiger partial charge on any atom is -0.493 e. The summed E-state index contributed by atoms with van der Waals surface area (Å²) in [6.45, 7) is 1.59. The average molecular weight is 478 g/mol. The Morgan fingerprint density at radius 2 is 1.67 bits per heavy atom. The maximum atomic E-state index is 12.4. The van der Waals surface area contributed by atoms with Gasteiger partial charge in [-0.15, -0.1) is 12.4 Å². The van der Waals surface area contributed by atoms with Crippen LogP contribution >= 0.6 is 12.4 Å². The third kappa shape index (κ3) is 7.10. The minimum absolute atomic E-state index is 0. The number of anilines is 1. The number of hydrogen-bond acceptors (Lipinski definition) is 6. The van der Waals surface area contributed by atoms with Crippen LogP contribution in [0, 0.1) is 0 Å². The summed E-state index contributed by atoms with van der Waals surface area (Å²) in [5, 5.41) is 18.0. The molecule has 0 bridgehead atoms. The number of halogens is 1. The van der Waals surface area contributed by atoms with Crippen LogP contribution in [0.3, 0.4) is 0 Å². The second-order valence-electron chi connectivity index (χ2n) is 7.47. The highest BCUT2D eigenvalue weighted by Gasteiger charge is 2.20. The van der Waals surface area contributed by atoms with Gasteiger partial charge in [-0.2, -0.15) is 0 Å². The van der Waals surface area contributed by atoms with Gasteiger partial charge in [0.1, 0.15) is 0 Å². The zero-order chi connectivity index (χ0) is 23.1. The first-order chi connectivity index (χ1) is 15.4. The topological polar surface area (TPSA) is 126 Å². The lowest BCUT2D eigenvalue weighted by molar-refractivity contribution is -0.138. The lowest BCUT2D eigenvalue weighted by atomic mass is 10.0. The van der Waals surface area contributed by atoms with Crippen molar-refractivity contribution < 1.29 is 29.0 Å². The SMILES string of the molecule is COc1ccc(C(CC(=O)O)NC(=O)CCC(=O)Nc2ccc3c(c2)CNC3)cc1OC.Cl. The fourth-order valence-electron chi connectivity index (χ4n) is 3.59. The van der Waals surface area contributed by atoms with E-state index in [2.05, 4.69) is 16.0 Å². The van der Waals surface area contributed by atoms with Crippen molar-refractivity contribution in [1.82, 2.24) is 10.6 Å². The number of methoxy groups -OCH3 is 2. The molecule has 4 N–H and O–H groups in total. The van der Waals surface area contributed by atoms with E-state index >= 15 is 0 Å². The summed E-state index contributed by atoms with van der Waals surface area (Å²) in [5.74, 6) is -0.838. The number of aliphatic carboxylic acids is 1. The molecule has 0 spiro atoms. The van der Waals surface area contributed by atoms with Crippen molar-refractivity contribution in [2.45, 2.75) is 38.4 Å². The Hall–Kier alpha value is -3.30. The van der Waals surface area contributed by atoms with E-state index < -0.39 is 17.9 Å². The summed E-state index contributed by atoms with van der Waals surface area (Å²) in [4.78, 5) is 36.0. The molecular formula is C23H28ClN3O6. The Morgan fingerprint density at radius 1 is 0.970 bits per heavy atom. The highest BCUT2D eigenvalue weighted by Crippen LogP contribution is 2.31. The van der Waals surface area contributed by atoms with Gasteiger partial charge in [-0.05, 0) is 41.0 Å². The number of benzene rings is 2. The first-order valence-electron chi connectivity index (χ1n) is 10.2. The van der Waals surface area contributed by atoms with Crippen molar-refractivity contribution in [3.8, 4) is 11.5 Å². The van der Waals surface area contributed by atoms with E-state index in [4.69, 9.17) is 9.47 Å². The number of ether oxygens (including phenoxy) is 2. The zero-order valence-corrected chi connectivity index (χ0v) is 19.3. The van der Waals surface area contributed by atoms with Gasteiger partial charge in [-0.3, -0.25) is 14.4 Å². The van der Waals surface area contributed by atoms with Crippen LogP contribution in [-0.4, -0.2) is 37.1 Å². The largest absolute Gasteiger partial charge is 0.493 e. The smallest absolute Gasteiger partial charge is 0.305 e. The van der Waals surface area contributed by atoms with Gasteiger partial charge < -0.3 is 30.5 Å². The molecule has 0 radical (unpaired) electrons. The number of carboxylic acid groups (broad SMARTS) is 1. The zero-order valence-electron chi connectivity index (χ0n) is 18.5. The first kappa shape index (κ1) is 26.0. The Morgan fingerprint density at radius 3 is 2.36 bits per heavy atom. The molecule has 0 saturated carbocycles. The number of amides is 2. The molecule has 1 unspecified atom stereocenters. The molecule has 10 heteroatoms. The summed E-state index contributed by atoms with van der Waals surface area (Å²) in [6.07, 6.45) is -0.398. The minimum atomic E-state index is -1.06.